The Hall–Kier alpha value is -1.30. The number of nitro groups is 1. The van der Waals surface area contributed by atoms with Crippen molar-refractivity contribution in [3.8, 4) is 5.75 Å². The van der Waals surface area contributed by atoms with E-state index < -0.39 is 4.92 Å². The first-order valence-electron chi connectivity index (χ1n) is 4.56. The van der Waals surface area contributed by atoms with Crippen molar-refractivity contribution < 1.29 is 9.66 Å². The predicted molar refractivity (Wildman–Crippen MR) is 56.3 cm³/mol. The molecule has 1 heterocycles. The van der Waals surface area contributed by atoms with E-state index in [0.29, 0.717) is 5.75 Å². The number of ether oxygens (including phenoxy) is 1. The van der Waals surface area contributed by atoms with Gasteiger partial charge in [-0.15, -0.1) is 11.8 Å². The number of aromatic nitrogens is 1. The molecule has 2 rings (SSSR count). The van der Waals surface area contributed by atoms with Crippen LogP contribution in [-0.2, 0) is 0 Å². The van der Waals surface area contributed by atoms with Crippen molar-refractivity contribution in [2.45, 2.75) is 23.8 Å². The second-order valence-electron chi connectivity index (χ2n) is 3.27. The number of hydrogen-bond acceptors (Lipinski definition) is 5. The molecular weight excluding hydrogens is 216 g/mol. The Labute approximate surface area is 91.0 Å². The highest BCUT2D eigenvalue weighted by atomic mass is 32.2. The summed E-state index contributed by atoms with van der Waals surface area (Å²) in [6.45, 7) is 0. The lowest BCUT2D eigenvalue weighted by atomic mass is 10.4. The summed E-state index contributed by atoms with van der Waals surface area (Å²) in [5.74, 6) is 0.412. The molecule has 80 valence electrons. The Morgan fingerprint density at radius 2 is 2.40 bits per heavy atom. The second kappa shape index (κ2) is 4.06. The van der Waals surface area contributed by atoms with E-state index in [1.165, 1.54) is 24.0 Å². The Kier molecular flexibility index (Phi) is 2.77. The van der Waals surface area contributed by atoms with Gasteiger partial charge in [0.1, 0.15) is 5.75 Å². The molecule has 1 aliphatic rings. The minimum atomic E-state index is -0.510. The molecule has 0 aliphatic heterocycles. The van der Waals surface area contributed by atoms with Crippen LogP contribution in [0.25, 0.3) is 0 Å². The SMILES string of the molecule is CSc1cnc([N+](=O)[O-])cc1OC1CC1. The molecular formula is C9H10N2O3S. The molecule has 5 nitrogen and oxygen atoms in total. The van der Waals surface area contributed by atoms with Crippen molar-refractivity contribution in [2.24, 2.45) is 0 Å². The summed E-state index contributed by atoms with van der Waals surface area (Å²) in [5.41, 5.74) is 0. The molecule has 0 N–H and O–H groups in total. The molecule has 0 atom stereocenters. The quantitative estimate of drug-likeness (QED) is 0.447. The average molecular weight is 226 g/mol. The summed E-state index contributed by atoms with van der Waals surface area (Å²) in [5, 5.41) is 10.5. The number of pyridine rings is 1. The molecule has 1 saturated carbocycles. The van der Waals surface area contributed by atoms with E-state index >= 15 is 0 Å². The summed E-state index contributed by atoms with van der Waals surface area (Å²) < 4.78 is 5.57. The monoisotopic (exact) mass is 226 g/mol. The highest BCUT2D eigenvalue weighted by molar-refractivity contribution is 7.98. The first kappa shape index (κ1) is 10.2. The zero-order chi connectivity index (χ0) is 10.8. The third-order valence-corrected chi connectivity index (χ3v) is 2.79. The van der Waals surface area contributed by atoms with Crippen LogP contribution in [0.1, 0.15) is 12.8 Å². The van der Waals surface area contributed by atoms with Gasteiger partial charge in [-0.3, -0.25) is 0 Å². The minimum absolute atomic E-state index is 0.163. The van der Waals surface area contributed by atoms with E-state index in [0.717, 1.165) is 17.7 Å². The summed E-state index contributed by atoms with van der Waals surface area (Å²) >= 11 is 1.48. The second-order valence-corrected chi connectivity index (χ2v) is 4.12. The van der Waals surface area contributed by atoms with E-state index in [4.69, 9.17) is 4.74 Å². The number of nitrogens with zero attached hydrogens (tertiary/aromatic N) is 2. The van der Waals surface area contributed by atoms with Gasteiger partial charge in [0.25, 0.3) is 0 Å². The van der Waals surface area contributed by atoms with E-state index in [1.807, 2.05) is 6.26 Å². The van der Waals surface area contributed by atoms with Crippen LogP contribution in [0.2, 0.25) is 0 Å². The highest BCUT2D eigenvalue weighted by Gasteiger charge is 2.26. The number of thioether (sulfide) groups is 1. The van der Waals surface area contributed by atoms with E-state index in [2.05, 4.69) is 4.98 Å². The van der Waals surface area contributed by atoms with Gasteiger partial charge in [0.05, 0.1) is 17.1 Å². The van der Waals surface area contributed by atoms with Crippen LogP contribution >= 0.6 is 11.8 Å². The Morgan fingerprint density at radius 3 is 2.93 bits per heavy atom. The summed E-state index contributed by atoms with van der Waals surface area (Å²) in [6, 6.07) is 1.39. The van der Waals surface area contributed by atoms with Crippen LogP contribution in [-0.4, -0.2) is 22.3 Å². The number of rotatable bonds is 4. The predicted octanol–water partition coefficient (Wildman–Crippen LogP) is 2.25. The van der Waals surface area contributed by atoms with Crippen LogP contribution in [0, 0.1) is 10.1 Å². The Bertz CT molecular complexity index is 393. The van der Waals surface area contributed by atoms with E-state index in [-0.39, 0.29) is 11.9 Å². The largest absolute Gasteiger partial charge is 0.489 e. The topological polar surface area (TPSA) is 65.3 Å². The maximum absolute atomic E-state index is 10.5. The fraction of sp³-hybridized carbons (Fsp3) is 0.444. The van der Waals surface area contributed by atoms with E-state index in [1.54, 1.807) is 0 Å². The molecule has 1 aromatic rings. The zero-order valence-electron chi connectivity index (χ0n) is 8.17. The molecule has 0 spiro atoms. The lowest BCUT2D eigenvalue weighted by Crippen LogP contribution is -2.00. The first-order chi connectivity index (χ1) is 7.20. The van der Waals surface area contributed by atoms with Gasteiger partial charge in [-0.1, -0.05) is 0 Å². The molecule has 0 radical (unpaired) electrons. The van der Waals surface area contributed by atoms with Gasteiger partial charge in [-0.05, 0) is 29.0 Å². The van der Waals surface area contributed by atoms with Crippen LogP contribution in [0.5, 0.6) is 5.75 Å². The van der Waals surface area contributed by atoms with Crippen LogP contribution in [0.4, 0.5) is 5.82 Å². The molecule has 0 aromatic carbocycles. The lowest BCUT2D eigenvalue weighted by Gasteiger charge is -2.06. The summed E-state index contributed by atoms with van der Waals surface area (Å²) in [4.78, 5) is 14.6. The maximum Gasteiger partial charge on any atom is 0.367 e. The van der Waals surface area contributed by atoms with E-state index in [9.17, 15) is 10.1 Å². The molecule has 1 aromatic heterocycles. The van der Waals surface area contributed by atoms with Gasteiger partial charge >= 0.3 is 5.82 Å². The lowest BCUT2D eigenvalue weighted by molar-refractivity contribution is -0.389. The van der Waals surface area contributed by atoms with Crippen molar-refractivity contribution in [1.29, 1.82) is 0 Å². The van der Waals surface area contributed by atoms with Crippen LogP contribution < -0.4 is 4.74 Å². The first-order valence-corrected chi connectivity index (χ1v) is 5.78. The smallest absolute Gasteiger partial charge is 0.367 e. The van der Waals surface area contributed by atoms with Crippen molar-refractivity contribution in [2.75, 3.05) is 6.26 Å². The molecule has 0 unspecified atom stereocenters. The van der Waals surface area contributed by atoms with Crippen molar-refractivity contribution >= 4 is 17.6 Å². The van der Waals surface area contributed by atoms with Crippen molar-refractivity contribution in [1.82, 2.24) is 4.98 Å². The summed E-state index contributed by atoms with van der Waals surface area (Å²) in [6.07, 6.45) is 5.68. The van der Waals surface area contributed by atoms with Gasteiger partial charge in [0.2, 0.25) is 0 Å². The average Bonchev–Trinajstić information content (AvgIpc) is 3.01. The van der Waals surface area contributed by atoms with Gasteiger partial charge in [-0.25, -0.2) is 0 Å². The fourth-order valence-corrected chi connectivity index (χ4v) is 1.59. The maximum atomic E-state index is 10.5. The van der Waals surface area contributed by atoms with Crippen LogP contribution in [0.15, 0.2) is 17.2 Å². The molecule has 1 fully saturated rings. The normalized spacial score (nSPS) is 15.0. The highest BCUT2D eigenvalue weighted by Crippen LogP contribution is 2.34. The van der Waals surface area contributed by atoms with Crippen molar-refractivity contribution in [3.63, 3.8) is 0 Å². The Morgan fingerprint density at radius 1 is 1.67 bits per heavy atom. The van der Waals surface area contributed by atoms with Crippen LogP contribution in [0.3, 0.4) is 0 Å². The number of hydrogen-bond donors (Lipinski definition) is 0. The summed E-state index contributed by atoms with van der Waals surface area (Å²) in [7, 11) is 0. The zero-order valence-corrected chi connectivity index (χ0v) is 8.99. The molecule has 0 saturated heterocycles. The van der Waals surface area contributed by atoms with Gasteiger partial charge < -0.3 is 14.9 Å². The molecule has 0 amide bonds. The molecule has 6 heteroatoms. The molecule has 15 heavy (non-hydrogen) atoms. The van der Waals surface area contributed by atoms with Crippen molar-refractivity contribution in [3.05, 3.63) is 22.4 Å². The van der Waals surface area contributed by atoms with Gasteiger partial charge in [0, 0.05) is 0 Å². The fourth-order valence-electron chi connectivity index (χ4n) is 1.12. The van der Waals surface area contributed by atoms with Gasteiger partial charge in [-0.2, -0.15) is 0 Å². The Balaban J connectivity index is 2.28. The molecule has 1 aliphatic carbocycles. The molecule has 0 bridgehead atoms. The third kappa shape index (κ3) is 2.38. The standard InChI is InChI=1S/C9H10N2O3S/c1-15-8-5-10-9(11(12)13)4-7(8)14-6-2-3-6/h4-6H,2-3H2,1H3. The minimum Gasteiger partial charge on any atom is -0.489 e. The van der Waals surface area contributed by atoms with Gasteiger partial charge in [0.15, 0.2) is 6.20 Å². The third-order valence-electron chi connectivity index (χ3n) is 2.04.